The van der Waals surface area contributed by atoms with Crippen molar-refractivity contribution in [3.8, 4) is 0 Å². The van der Waals surface area contributed by atoms with Gasteiger partial charge in [-0.2, -0.15) is 0 Å². The van der Waals surface area contributed by atoms with Crippen molar-refractivity contribution in [1.29, 1.82) is 0 Å². The number of hydrogen-bond acceptors (Lipinski definition) is 3. The van der Waals surface area contributed by atoms with Crippen molar-refractivity contribution >= 4 is 0 Å². The lowest BCUT2D eigenvalue weighted by Crippen LogP contribution is -2.31. The van der Waals surface area contributed by atoms with Crippen LogP contribution in [0.2, 0.25) is 0 Å². The minimum absolute atomic E-state index is 0.118. The quantitative estimate of drug-likeness (QED) is 0.728. The Morgan fingerprint density at radius 1 is 1.39 bits per heavy atom. The maximum Gasteiger partial charge on any atom is 0.131 e. The summed E-state index contributed by atoms with van der Waals surface area (Å²) in [5.41, 5.74) is 0.118. The maximum atomic E-state index is 13.4. The molecule has 0 bridgehead atoms. The number of nitrogens with zero attached hydrogens (tertiary/aromatic N) is 1. The molecule has 0 spiro atoms. The molecule has 0 heterocycles. The van der Waals surface area contributed by atoms with Gasteiger partial charge in [0.2, 0.25) is 0 Å². The summed E-state index contributed by atoms with van der Waals surface area (Å²) >= 11 is 0. The number of rotatable bonds is 7. The second-order valence-electron chi connectivity index (χ2n) is 4.28. The summed E-state index contributed by atoms with van der Waals surface area (Å²) < 4.78 is 26.1. The molecular weight excluding hydrogens is 238 g/mol. The van der Waals surface area contributed by atoms with Crippen molar-refractivity contribution < 1.29 is 13.9 Å². The Labute approximate surface area is 106 Å². The van der Waals surface area contributed by atoms with Gasteiger partial charge in [0, 0.05) is 31.3 Å². The van der Waals surface area contributed by atoms with Crippen LogP contribution in [0.3, 0.4) is 0 Å². The molecule has 102 valence electrons. The Bertz CT molecular complexity index is 374. The number of likely N-dealkylation sites (N-methyl/N-ethyl adjacent to an activating group) is 1. The van der Waals surface area contributed by atoms with Gasteiger partial charge in [0.05, 0.1) is 6.10 Å². The lowest BCUT2D eigenvalue weighted by Gasteiger charge is -2.16. The van der Waals surface area contributed by atoms with E-state index in [1.165, 1.54) is 6.07 Å². The van der Waals surface area contributed by atoms with E-state index < -0.39 is 17.7 Å². The van der Waals surface area contributed by atoms with E-state index in [9.17, 15) is 13.9 Å². The van der Waals surface area contributed by atoms with E-state index >= 15 is 0 Å². The van der Waals surface area contributed by atoms with Gasteiger partial charge in [0.1, 0.15) is 11.6 Å². The van der Waals surface area contributed by atoms with E-state index in [2.05, 4.69) is 17.1 Å². The Morgan fingerprint density at radius 2 is 2.11 bits per heavy atom. The first-order chi connectivity index (χ1) is 8.54. The van der Waals surface area contributed by atoms with Gasteiger partial charge < -0.3 is 15.3 Å². The average Bonchev–Trinajstić information content (AvgIpc) is 2.34. The molecule has 1 aromatic carbocycles. The number of benzene rings is 1. The summed E-state index contributed by atoms with van der Waals surface area (Å²) in [5.74, 6) is -1.35. The molecule has 0 radical (unpaired) electrons. The Balaban J connectivity index is 2.38. The molecule has 1 unspecified atom stereocenters. The highest BCUT2D eigenvalue weighted by Gasteiger charge is 2.12. The molecule has 0 saturated carbocycles. The van der Waals surface area contributed by atoms with Crippen LogP contribution in [-0.2, 0) is 0 Å². The maximum absolute atomic E-state index is 13.4. The molecule has 0 aliphatic rings. The molecule has 1 aromatic rings. The van der Waals surface area contributed by atoms with Crippen LogP contribution in [0.1, 0.15) is 18.6 Å². The topological polar surface area (TPSA) is 35.5 Å². The zero-order valence-electron chi connectivity index (χ0n) is 10.8. The monoisotopic (exact) mass is 258 g/mol. The summed E-state index contributed by atoms with van der Waals surface area (Å²) in [7, 11) is 2.00. The smallest absolute Gasteiger partial charge is 0.131 e. The van der Waals surface area contributed by atoms with E-state index in [1.54, 1.807) is 0 Å². The Morgan fingerprint density at radius 3 is 2.72 bits per heavy atom. The first-order valence-electron chi connectivity index (χ1n) is 6.07. The van der Waals surface area contributed by atoms with Crippen LogP contribution in [0.25, 0.3) is 0 Å². The fourth-order valence-electron chi connectivity index (χ4n) is 1.55. The van der Waals surface area contributed by atoms with Crippen molar-refractivity contribution in [2.24, 2.45) is 0 Å². The molecule has 0 aromatic heterocycles. The van der Waals surface area contributed by atoms with Crippen LogP contribution in [-0.4, -0.2) is 43.2 Å². The van der Waals surface area contributed by atoms with Gasteiger partial charge in [-0.15, -0.1) is 0 Å². The lowest BCUT2D eigenvalue weighted by atomic mass is 10.1. The van der Waals surface area contributed by atoms with Gasteiger partial charge in [-0.1, -0.05) is 13.0 Å². The van der Waals surface area contributed by atoms with Gasteiger partial charge in [0.25, 0.3) is 0 Å². The molecule has 0 aliphatic carbocycles. The number of aliphatic hydroxyl groups excluding tert-OH is 1. The largest absolute Gasteiger partial charge is 0.387 e. The third-order valence-electron chi connectivity index (χ3n) is 2.87. The van der Waals surface area contributed by atoms with Gasteiger partial charge in [-0.05, 0) is 19.7 Å². The average molecular weight is 258 g/mol. The molecule has 2 N–H and O–H groups in total. The van der Waals surface area contributed by atoms with Crippen LogP contribution < -0.4 is 5.32 Å². The minimum atomic E-state index is -0.961. The second-order valence-corrected chi connectivity index (χ2v) is 4.28. The van der Waals surface area contributed by atoms with Crippen LogP contribution >= 0.6 is 0 Å². The van der Waals surface area contributed by atoms with E-state index in [0.29, 0.717) is 6.54 Å². The van der Waals surface area contributed by atoms with Crippen LogP contribution in [0.4, 0.5) is 8.78 Å². The fourth-order valence-corrected chi connectivity index (χ4v) is 1.55. The number of hydrogen-bond donors (Lipinski definition) is 2. The zero-order chi connectivity index (χ0) is 13.5. The molecular formula is C13H20F2N2O. The van der Waals surface area contributed by atoms with E-state index in [4.69, 9.17) is 0 Å². The summed E-state index contributed by atoms with van der Waals surface area (Å²) in [6.45, 7) is 4.83. The molecule has 3 nitrogen and oxygen atoms in total. The minimum Gasteiger partial charge on any atom is -0.387 e. The van der Waals surface area contributed by atoms with Crippen molar-refractivity contribution in [3.63, 3.8) is 0 Å². The standard InChI is InChI=1S/C13H20F2N2O/c1-3-17(2)7-6-16-9-13(18)11-5-4-10(14)8-12(11)15/h4-5,8,13,16,18H,3,6-7,9H2,1-2H3. The third kappa shape index (κ3) is 4.68. The van der Waals surface area contributed by atoms with Crippen LogP contribution in [0, 0.1) is 11.6 Å². The SMILES string of the molecule is CCN(C)CCNCC(O)c1ccc(F)cc1F. The first-order valence-corrected chi connectivity index (χ1v) is 6.07. The third-order valence-corrected chi connectivity index (χ3v) is 2.87. The Kier molecular flexibility index (Phi) is 6.18. The van der Waals surface area contributed by atoms with E-state index in [0.717, 1.165) is 25.2 Å². The van der Waals surface area contributed by atoms with Gasteiger partial charge in [-0.25, -0.2) is 8.78 Å². The van der Waals surface area contributed by atoms with Gasteiger partial charge in [0.15, 0.2) is 0 Å². The molecule has 0 aliphatic heterocycles. The summed E-state index contributed by atoms with van der Waals surface area (Å²) in [6, 6.07) is 3.20. The molecule has 0 saturated heterocycles. The summed E-state index contributed by atoms with van der Waals surface area (Å²) in [5, 5.41) is 12.8. The Hall–Kier alpha value is -1.04. The molecule has 1 atom stereocenters. The zero-order valence-corrected chi connectivity index (χ0v) is 10.8. The van der Waals surface area contributed by atoms with E-state index in [1.807, 2.05) is 7.05 Å². The van der Waals surface area contributed by atoms with Crippen LogP contribution in [0.15, 0.2) is 18.2 Å². The lowest BCUT2D eigenvalue weighted by molar-refractivity contribution is 0.168. The number of aliphatic hydroxyl groups is 1. The van der Waals surface area contributed by atoms with Crippen LogP contribution in [0.5, 0.6) is 0 Å². The normalized spacial score (nSPS) is 13.0. The molecule has 18 heavy (non-hydrogen) atoms. The van der Waals surface area contributed by atoms with E-state index in [-0.39, 0.29) is 12.1 Å². The molecule has 0 fully saturated rings. The number of halogens is 2. The predicted octanol–water partition coefficient (Wildman–Crippen LogP) is 1.54. The highest BCUT2D eigenvalue weighted by molar-refractivity contribution is 5.21. The fraction of sp³-hybridized carbons (Fsp3) is 0.538. The van der Waals surface area contributed by atoms with Crippen molar-refractivity contribution in [1.82, 2.24) is 10.2 Å². The highest BCUT2D eigenvalue weighted by Crippen LogP contribution is 2.17. The van der Waals surface area contributed by atoms with Gasteiger partial charge >= 0.3 is 0 Å². The molecule has 5 heteroatoms. The second kappa shape index (κ2) is 7.41. The number of nitrogens with one attached hydrogen (secondary N) is 1. The van der Waals surface area contributed by atoms with Crippen molar-refractivity contribution in [2.75, 3.05) is 33.2 Å². The van der Waals surface area contributed by atoms with Crippen molar-refractivity contribution in [2.45, 2.75) is 13.0 Å². The summed E-state index contributed by atoms with van der Waals surface area (Å²) in [6.07, 6.45) is -0.961. The van der Waals surface area contributed by atoms with Crippen molar-refractivity contribution in [3.05, 3.63) is 35.4 Å². The highest BCUT2D eigenvalue weighted by atomic mass is 19.1. The predicted molar refractivity (Wildman–Crippen MR) is 67.4 cm³/mol. The first kappa shape index (κ1) is 15.0. The summed E-state index contributed by atoms with van der Waals surface area (Å²) in [4.78, 5) is 2.12. The molecule has 0 amide bonds. The van der Waals surface area contributed by atoms with Gasteiger partial charge in [-0.3, -0.25) is 0 Å². The molecule has 1 rings (SSSR count).